The summed E-state index contributed by atoms with van der Waals surface area (Å²) >= 11 is 0. The quantitative estimate of drug-likeness (QED) is 0.774. The molecule has 2 N–H and O–H groups in total. The zero-order valence-electron chi connectivity index (χ0n) is 13.5. The van der Waals surface area contributed by atoms with E-state index < -0.39 is 0 Å². The summed E-state index contributed by atoms with van der Waals surface area (Å²) in [5.41, 5.74) is 4.57. The molecule has 1 saturated heterocycles. The molecule has 0 aliphatic carbocycles. The van der Waals surface area contributed by atoms with Gasteiger partial charge < -0.3 is 10.4 Å². The molecular formula is C20H21N3O. The summed E-state index contributed by atoms with van der Waals surface area (Å²) in [6.07, 6.45) is 4.29. The van der Waals surface area contributed by atoms with Gasteiger partial charge in [0.05, 0.1) is 17.6 Å². The Hall–Kier alpha value is -2.59. The summed E-state index contributed by atoms with van der Waals surface area (Å²) in [6, 6.07) is 17.7. The number of para-hydroxylation sites is 1. The van der Waals surface area contributed by atoms with Crippen LogP contribution in [0.25, 0.3) is 16.8 Å². The predicted octanol–water partition coefficient (Wildman–Crippen LogP) is 3.71. The van der Waals surface area contributed by atoms with Crippen LogP contribution < -0.4 is 5.32 Å². The lowest BCUT2D eigenvalue weighted by Gasteiger charge is -2.25. The van der Waals surface area contributed by atoms with Crippen molar-refractivity contribution in [3.8, 4) is 22.6 Å². The fraction of sp³-hybridized carbons (Fsp3) is 0.250. The van der Waals surface area contributed by atoms with E-state index in [1.807, 2.05) is 36.5 Å². The van der Waals surface area contributed by atoms with Crippen molar-refractivity contribution in [2.45, 2.75) is 18.8 Å². The van der Waals surface area contributed by atoms with Gasteiger partial charge in [-0.2, -0.15) is 5.10 Å². The van der Waals surface area contributed by atoms with Crippen LogP contribution in [0, 0.1) is 0 Å². The number of phenolic OH excluding ortho intramolecular Hbond substituents is 1. The Morgan fingerprint density at radius 2 is 1.83 bits per heavy atom. The summed E-state index contributed by atoms with van der Waals surface area (Å²) in [4.78, 5) is 0. The van der Waals surface area contributed by atoms with Crippen LogP contribution in [0.2, 0.25) is 0 Å². The van der Waals surface area contributed by atoms with Crippen LogP contribution in [0.1, 0.15) is 24.5 Å². The van der Waals surface area contributed by atoms with Gasteiger partial charge in [-0.25, -0.2) is 4.68 Å². The van der Waals surface area contributed by atoms with Crippen LogP contribution in [0.4, 0.5) is 0 Å². The molecule has 0 spiro atoms. The zero-order chi connectivity index (χ0) is 16.4. The first kappa shape index (κ1) is 15.0. The monoisotopic (exact) mass is 319 g/mol. The lowest BCUT2D eigenvalue weighted by atomic mass is 9.91. The number of hydrogen-bond donors (Lipinski definition) is 2. The van der Waals surface area contributed by atoms with Crippen LogP contribution in [-0.4, -0.2) is 28.0 Å². The molecule has 1 aromatic heterocycles. The highest BCUT2D eigenvalue weighted by atomic mass is 16.3. The number of phenols is 1. The standard InChI is InChI=1S/C20H21N3O/c24-18-10-8-15(9-11-18)19-14-22-23(17-6-2-1-3-7-17)20(19)16-5-4-12-21-13-16/h1-3,6-11,14,16,21,24H,4-5,12-13H2. The van der Waals surface area contributed by atoms with Crippen molar-refractivity contribution in [1.82, 2.24) is 15.1 Å². The highest BCUT2D eigenvalue weighted by Crippen LogP contribution is 2.34. The molecule has 0 amide bonds. The number of aromatic hydroxyl groups is 1. The van der Waals surface area contributed by atoms with E-state index in [9.17, 15) is 5.11 Å². The second-order valence-corrected chi connectivity index (χ2v) is 6.28. The SMILES string of the molecule is Oc1ccc(-c2cnn(-c3ccccc3)c2C2CCCNC2)cc1. The molecule has 1 atom stereocenters. The van der Waals surface area contributed by atoms with Crippen molar-refractivity contribution in [2.75, 3.05) is 13.1 Å². The molecule has 0 saturated carbocycles. The number of hydrogen-bond acceptors (Lipinski definition) is 3. The van der Waals surface area contributed by atoms with Gasteiger partial charge >= 0.3 is 0 Å². The van der Waals surface area contributed by atoms with Crippen LogP contribution in [0.5, 0.6) is 5.75 Å². The molecule has 3 aromatic rings. The maximum absolute atomic E-state index is 9.57. The van der Waals surface area contributed by atoms with Gasteiger partial charge in [0.2, 0.25) is 0 Å². The Balaban J connectivity index is 1.84. The predicted molar refractivity (Wildman–Crippen MR) is 95.5 cm³/mol. The molecular weight excluding hydrogens is 298 g/mol. The van der Waals surface area contributed by atoms with E-state index in [0.717, 1.165) is 36.3 Å². The first-order chi connectivity index (χ1) is 11.8. The molecule has 1 aliphatic heterocycles. The minimum atomic E-state index is 0.287. The van der Waals surface area contributed by atoms with Crippen LogP contribution in [0.3, 0.4) is 0 Å². The van der Waals surface area contributed by atoms with E-state index in [-0.39, 0.29) is 5.75 Å². The number of nitrogens with one attached hydrogen (secondary N) is 1. The van der Waals surface area contributed by atoms with Crippen molar-refractivity contribution in [3.05, 3.63) is 66.5 Å². The smallest absolute Gasteiger partial charge is 0.115 e. The van der Waals surface area contributed by atoms with Gasteiger partial charge in [-0.05, 0) is 49.2 Å². The summed E-state index contributed by atoms with van der Waals surface area (Å²) in [7, 11) is 0. The first-order valence-electron chi connectivity index (χ1n) is 8.46. The number of benzene rings is 2. The van der Waals surface area contributed by atoms with Crippen LogP contribution in [-0.2, 0) is 0 Å². The maximum atomic E-state index is 9.57. The van der Waals surface area contributed by atoms with Crippen molar-refractivity contribution >= 4 is 0 Å². The van der Waals surface area contributed by atoms with Crippen molar-refractivity contribution in [1.29, 1.82) is 0 Å². The van der Waals surface area contributed by atoms with Gasteiger partial charge in [0, 0.05) is 18.0 Å². The molecule has 122 valence electrons. The second kappa shape index (κ2) is 6.49. The zero-order valence-corrected chi connectivity index (χ0v) is 13.5. The Morgan fingerprint density at radius 3 is 2.54 bits per heavy atom. The molecule has 2 heterocycles. The average molecular weight is 319 g/mol. The van der Waals surface area contributed by atoms with Crippen LogP contribution >= 0.6 is 0 Å². The Labute approximate surface area is 141 Å². The first-order valence-corrected chi connectivity index (χ1v) is 8.46. The van der Waals surface area contributed by atoms with Gasteiger partial charge in [-0.1, -0.05) is 30.3 Å². The molecule has 1 unspecified atom stereocenters. The van der Waals surface area contributed by atoms with Gasteiger partial charge in [-0.15, -0.1) is 0 Å². The number of rotatable bonds is 3. The topological polar surface area (TPSA) is 50.1 Å². The fourth-order valence-corrected chi connectivity index (χ4v) is 3.47. The molecule has 0 radical (unpaired) electrons. The van der Waals surface area contributed by atoms with E-state index in [0.29, 0.717) is 5.92 Å². The molecule has 4 nitrogen and oxygen atoms in total. The van der Waals surface area contributed by atoms with Gasteiger partial charge in [0.15, 0.2) is 0 Å². The summed E-state index contributed by atoms with van der Waals surface area (Å²) in [5.74, 6) is 0.723. The van der Waals surface area contributed by atoms with E-state index in [2.05, 4.69) is 27.2 Å². The normalized spacial score (nSPS) is 17.8. The second-order valence-electron chi connectivity index (χ2n) is 6.28. The van der Waals surface area contributed by atoms with Gasteiger partial charge in [-0.3, -0.25) is 0 Å². The van der Waals surface area contributed by atoms with Crippen molar-refractivity contribution in [3.63, 3.8) is 0 Å². The summed E-state index contributed by atoms with van der Waals surface area (Å²) in [5, 5.41) is 17.8. The Bertz CT molecular complexity index is 803. The number of aromatic nitrogens is 2. The Kier molecular flexibility index (Phi) is 4.05. The van der Waals surface area contributed by atoms with E-state index in [1.165, 1.54) is 12.1 Å². The number of piperidine rings is 1. The summed E-state index contributed by atoms with van der Waals surface area (Å²) < 4.78 is 2.07. The summed E-state index contributed by atoms with van der Waals surface area (Å²) in [6.45, 7) is 2.06. The third-order valence-electron chi connectivity index (χ3n) is 4.67. The molecule has 0 bridgehead atoms. The average Bonchev–Trinajstić information content (AvgIpc) is 3.09. The third-order valence-corrected chi connectivity index (χ3v) is 4.67. The Morgan fingerprint density at radius 1 is 1.04 bits per heavy atom. The van der Waals surface area contributed by atoms with Crippen LogP contribution in [0.15, 0.2) is 60.8 Å². The molecule has 24 heavy (non-hydrogen) atoms. The van der Waals surface area contributed by atoms with E-state index >= 15 is 0 Å². The fourth-order valence-electron chi connectivity index (χ4n) is 3.47. The molecule has 4 heteroatoms. The third kappa shape index (κ3) is 2.81. The molecule has 2 aromatic carbocycles. The van der Waals surface area contributed by atoms with Crippen molar-refractivity contribution in [2.24, 2.45) is 0 Å². The largest absolute Gasteiger partial charge is 0.508 e. The van der Waals surface area contributed by atoms with E-state index in [4.69, 9.17) is 0 Å². The van der Waals surface area contributed by atoms with Crippen molar-refractivity contribution < 1.29 is 5.11 Å². The van der Waals surface area contributed by atoms with Gasteiger partial charge in [0.25, 0.3) is 0 Å². The molecule has 1 fully saturated rings. The minimum Gasteiger partial charge on any atom is -0.508 e. The highest BCUT2D eigenvalue weighted by molar-refractivity contribution is 5.67. The highest BCUT2D eigenvalue weighted by Gasteiger charge is 2.24. The molecule has 1 aliphatic rings. The molecule has 4 rings (SSSR count). The maximum Gasteiger partial charge on any atom is 0.115 e. The lowest BCUT2D eigenvalue weighted by Crippen LogP contribution is -2.29. The van der Waals surface area contributed by atoms with E-state index in [1.54, 1.807) is 12.1 Å². The lowest BCUT2D eigenvalue weighted by molar-refractivity contribution is 0.448. The minimum absolute atomic E-state index is 0.287. The van der Waals surface area contributed by atoms with Gasteiger partial charge in [0.1, 0.15) is 5.75 Å². The number of nitrogens with zero attached hydrogens (tertiary/aromatic N) is 2.